The number of rotatable bonds is 9. The van der Waals surface area contributed by atoms with Crippen LogP contribution in [0.4, 0.5) is 0 Å². The first-order valence-corrected chi connectivity index (χ1v) is 8.85. The van der Waals surface area contributed by atoms with E-state index < -0.39 is 0 Å². The Morgan fingerprint density at radius 1 is 1.29 bits per heavy atom. The van der Waals surface area contributed by atoms with E-state index in [4.69, 9.17) is 4.74 Å². The summed E-state index contributed by atoms with van der Waals surface area (Å²) >= 11 is 0. The molecule has 0 bridgehead atoms. The van der Waals surface area contributed by atoms with Crippen LogP contribution in [0.3, 0.4) is 0 Å². The van der Waals surface area contributed by atoms with Gasteiger partial charge in [0.15, 0.2) is 0 Å². The highest BCUT2D eigenvalue weighted by Gasteiger charge is 2.29. The number of ether oxygens (including phenoxy) is 1. The highest BCUT2D eigenvalue weighted by Crippen LogP contribution is 2.35. The van der Waals surface area contributed by atoms with Gasteiger partial charge in [0.05, 0.1) is 6.61 Å². The first-order valence-electron chi connectivity index (χ1n) is 8.85. The zero-order valence-electron chi connectivity index (χ0n) is 13.4. The molecule has 0 spiro atoms. The van der Waals surface area contributed by atoms with Crippen LogP contribution >= 0.6 is 0 Å². The SMILES string of the molecule is CCCNC(CCCCc1ccc2c(c1)CCO2)C1CC1. The molecule has 21 heavy (non-hydrogen) atoms. The van der Waals surface area contributed by atoms with Gasteiger partial charge in [-0.2, -0.15) is 0 Å². The predicted molar refractivity (Wildman–Crippen MR) is 88.0 cm³/mol. The number of hydrogen-bond acceptors (Lipinski definition) is 2. The van der Waals surface area contributed by atoms with E-state index in [0.29, 0.717) is 0 Å². The summed E-state index contributed by atoms with van der Waals surface area (Å²) in [7, 11) is 0. The molecule has 1 N–H and O–H groups in total. The fraction of sp³-hybridized carbons (Fsp3) is 0.684. The second-order valence-electron chi connectivity index (χ2n) is 6.68. The average Bonchev–Trinajstić information content (AvgIpc) is 3.24. The van der Waals surface area contributed by atoms with E-state index in [1.54, 1.807) is 0 Å². The summed E-state index contributed by atoms with van der Waals surface area (Å²) < 4.78 is 5.57. The molecule has 0 radical (unpaired) electrons. The quantitative estimate of drug-likeness (QED) is 0.690. The molecule has 0 amide bonds. The topological polar surface area (TPSA) is 21.3 Å². The van der Waals surface area contributed by atoms with Crippen LogP contribution in [0.2, 0.25) is 0 Å². The van der Waals surface area contributed by atoms with Crippen LogP contribution in [-0.2, 0) is 12.8 Å². The summed E-state index contributed by atoms with van der Waals surface area (Å²) in [4.78, 5) is 0. The first-order chi connectivity index (χ1) is 10.4. The number of benzene rings is 1. The zero-order valence-corrected chi connectivity index (χ0v) is 13.4. The maximum absolute atomic E-state index is 5.57. The molecule has 2 nitrogen and oxygen atoms in total. The minimum absolute atomic E-state index is 0.790. The van der Waals surface area contributed by atoms with Crippen LogP contribution in [-0.4, -0.2) is 19.2 Å². The third-order valence-electron chi connectivity index (χ3n) is 4.83. The fourth-order valence-electron chi connectivity index (χ4n) is 3.42. The molecular formula is C19H29NO. The van der Waals surface area contributed by atoms with Crippen LogP contribution in [0.5, 0.6) is 5.75 Å². The summed E-state index contributed by atoms with van der Waals surface area (Å²) in [6.07, 6.45) is 10.5. The molecule has 1 aliphatic carbocycles. The van der Waals surface area contributed by atoms with Crippen molar-refractivity contribution in [3.63, 3.8) is 0 Å². The summed E-state index contributed by atoms with van der Waals surface area (Å²) in [5, 5.41) is 3.75. The summed E-state index contributed by atoms with van der Waals surface area (Å²) in [6, 6.07) is 7.56. The minimum Gasteiger partial charge on any atom is -0.493 e. The average molecular weight is 287 g/mol. The molecule has 1 aromatic carbocycles. The maximum Gasteiger partial charge on any atom is 0.122 e. The molecule has 3 rings (SSSR count). The van der Waals surface area contributed by atoms with Gasteiger partial charge in [0.2, 0.25) is 0 Å². The Morgan fingerprint density at radius 2 is 2.19 bits per heavy atom. The Kier molecular flexibility index (Phi) is 5.18. The molecule has 1 unspecified atom stereocenters. The Morgan fingerprint density at radius 3 is 3.00 bits per heavy atom. The molecule has 0 saturated heterocycles. The van der Waals surface area contributed by atoms with Gasteiger partial charge in [-0.25, -0.2) is 0 Å². The largest absolute Gasteiger partial charge is 0.493 e. The smallest absolute Gasteiger partial charge is 0.122 e. The van der Waals surface area contributed by atoms with Crippen molar-refractivity contribution in [2.24, 2.45) is 5.92 Å². The van der Waals surface area contributed by atoms with Gasteiger partial charge in [0.25, 0.3) is 0 Å². The molecule has 1 fully saturated rings. The number of hydrogen-bond donors (Lipinski definition) is 1. The first kappa shape index (κ1) is 14.9. The molecule has 1 saturated carbocycles. The van der Waals surface area contributed by atoms with E-state index in [9.17, 15) is 0 Å². The number of nitrogens with one attached hydrogen (secondary N) is 1. The lowest BCUT2D eigenvalue weighted by molar-refractivity contribution is 0.357. The molecule has 1 aliphatic heterocycles. The zero-order chi connectivity index (χ0) is 14.5. The summed E-state index contributed by atoms with van der Waals surface area (Å²) in [5.41, 5.74) is 2.90. The number of aryl methyl sites for hydroxylation is 1. The molecule has 2 heteroatoms. The second kappa shape index (κ2) is 7.31. The van der Waals surface area contributed by atoms with Crippen molar-refractivity contribution in [3.8, 4) is 5.75 Å². The van der Waals surface area contributed by atoms with E-state index in [-0.39, 0.29) is 0 Å². The van der Waals surface area contributed by atoms with Gasteiger partial charge in [0.1, 0.15) is 5.75 Å². The molecule has 116 valence electrons. The third-order valence-corrected chi connectivity index (χ3v) is 4.83. The molecule has 2 aliphatic rings. The molecule has 1 aromatic rings. The van der Waals surface area contributed by atoms with E-state index in [1.807, 2.05) is 0 Å². The minimum atomic E-state index is 0.790. The molecule has 1 atom stereocenters. The lowest BCUT2D eigenvalue weighted by atomic mass is 10.00. The van der Waals surface area contributed by atoms with Gasteiger partial charge in [-0.05, 0) is 68.2 Å². The van der Waals surface area contributed by atoms with E-state index in [1.165, 1.54) is 62.6 Å². The number of unbranched alkanes of at least 4 members (excludes halogenated alkanes) is 1. The maximum atomic E-state index is 5.57. The van der Waals surface area contributed by atoms with E-state index >= 15 is 0 Å². The Bertz CT molecular complexity index is 453. The lowest BCUT2D eigenvalue weighted by Gasteiger charge is -2.17. The third kappa shape index (κ3) is 4.23. The Labute approximate surface area is 129 Å². The van der Waals surface area contributed by atoms with Crippen LogP contribution in [0.15, 0.2) is 18.2 Å². The molecular weight excluding hydrogens is 258 g/mol. The normalized spacial score (nSPS) is 18.3. The highest BCUT2D eigenvalue weighted by molar-refractivity contribution is 5.39. The molecule has 0 aromatic heterocycles. The van der Waals surface area contributed by atoms with Crippen molar-refractivity contribution >= 4 is 0 Å². The van der Waals surface area contributed by atoms with Gasteiger partial charge in [-0.1, -0.05) is 25.5 Å². The Balaban J connectivity index is 1.39. The van der Waals surface area contributed by atoms with Crippen LogP contribution in [0.1, 0.15) is 56.6 Å². The van der Waals surface area contributed by atoms with Gasteiger partial charge in [-0.3, -0.25) is 0 Å². The fourth-order valence-corrected chi connectivity index (χ4v) is 3.42. The predicted octanol–water partition coefficient (Wildman–Crippen LogP) is 4.11. The van der Waals surface area contributed by atoms with Crippen molar-refractivity contribution in [1.29, 1.82) is 0 Å². The van der Waals surface area contributed by atoms with Gasteiger partial charge < -0.3 is 10.1 Å². The van der Waals surface area contributed by atoms with Crippen molar-refractivity contribution < 1.29 is 4.74 Å². The highest BCUT2D eigenvalue weighted by atomic mass is 16.5. The van der Waals surface area contributed by atoms with Crippen LogP contribution in [0, 0.1) is 5.92 Å². The van der Waals surface area contributed by atoms with E-state index in [0.717, 1.165) is 30.7 Å². The van der Waals surface area contributed by atoms with Gasteiger partial charge in [0, 0.05) is 12.5 Å². The summed E-state index contributed by atoms with van der Waals surface area (Å²) in [6.45, 7) is 4.31. The Hall–Kier alpha value is -1.02. The van der Waals surface area contributed by atoms with Crippen molar-refractivity contribution in [2.75, 3.05) is 13.2 Å². The number of fused-ring (bicyclic) bond motifs is 1. The van der Waals surface area contributed by atoms with Crippen molar-refractivity contribution in [2.45, 2.75) is 64.3 Å². The monoisotopic (exact) mass is 287 g/mol. The molecule has 1 heterocycles. The summed E-state index contributed by atoms with van der Waals surface area (Å²) in [5.74, 6) is 2.09. The van der Waals surface area contributed by atoms with Crippen molar-refractivity contribution in [1.82, 2.24) is 5.32 Å². The van der Waals surface area contributed by atoms with Crippen LogP contribution in [0.25, 0.3) is 0 Å². The van der Waals surface area contributed by atoms with Gasteiger partial charge >= 0.3 is 0 Å². The van der Waals surface area contributed by atoms with Gasteiger partial charge in [-0.15, -0.1) is 0 Å². The van der Waals surface area contributed by atoms with E-state index in [2.05, 4.69) is 30.4 Å². The lowest BCUT2D eigenvalue weighted by Crippen LogP contribution is -2.31. The second-order valence-corrected chi connectivity index (χ2v) is 6.68. The van der Waals surface area contributed by atoms with Crippen LogP contribution < -0.4 is 10.1 Å². The van der Waals surface area contributed by atoms with Crippen molar-refractivity contribution in [3.05, 3.63) is 29.3 Å². The standard InChI is InChI=1S/C19H29NO/c1-2-12-20-18(16-8-9-16)6-4-3-5-15-7-10-19-17(14-15)11-13-21-19/h7,10,14,16,18,20H,2-6,8-9,11-13H2,1H3.